The fourth-order valence-corrected chi connectivity index (χ4v) is 4.23. The maximum absolute atomic E-state index is 12.8. The minimum atomic E-state index is -4.64. The lowest BCUT2D eigenvalue weighted by molar-refractivity contribution is -0.135. The zero-order valence-corrected chi connectivity index (χ0v) is 20.8. The molecule has 2 amide bonds. The molecule has 0 saturated carbocycles. The number of carbonyl (C=O) groups is 2. The molecule has 36 heavy (non-hydrogen) atoms. The number of rotatable bonds is 10. The summed E-state index contributed by atoms with van der Waals surface area (Å²) in [5, 5.41) is 16.8. The number of thiazole rings is 1. The van der Waals surface area contributed by atoms with Gasteiger partial charge >= 0.3 is 6.18 Å². The monoisotopic (exact) mass is 524 g/mol. The van der Waals surface area contributed by atoms with E-state index in [1.54, 1.807) is 42.6 Å². The largest absolute Gasteiger partial charge is 0.405 e. The molecule has 9 nitrogen and oxygen atoms in total. The van der Waals surface area contributed by atoms with Crippen LogP contribution in [-0.4, -0.2) is 53.6 Å². The van der Waals surface area contributed by atoms with Crippen molar-refractivity contribution < 1.29 is 22.8 Å². The molecule has 1 heterocycles. The van der Waals surface area contributed by atoms with E-state index in [-0.39, 0.29) is 28.2 Å². The van der Waals surface area contributed by atoms with Gasteiger partial charge in [-0.3, -0.25) is 23.9 Å². The van der Waals surface area contributed by atoms with Crippen LogP contribution < -0.4 is 30.7 Å². The van der Waals surface area contributed by atoms with Gasteiger partial charge in [-0.05, 0) is 38.2 Å². The zero-order valence-electron chi connectivity index (χ0n) is 20.0. The van der Waals surface area contributed by atoms with Crippen LogP contribution in [0.2, 0.25) is 0 Å². The highest BCUT2D eigenvalue weighted by atomic mass is 32.1. The van der Waals surface area contributed by atoms with E-state index in [1.165, 1.54) is 6.20 Å². The third-order valence-corrected chi connectivity index (χ3v) is 6.13. The van der Waals surface area contributed by atoms with Gasteiger partial charge in [0.15, 0.2) is 5.57 Å². The van der Waals surface area contributed by atoms with Gasteiger partial charge < -0.3 is 16.0 Å². The van der Waals surface area contributed by atoms with Crippen LogP contribution in [-0.2, 0) is 16.1 Å². The summed E-state index contributed by atoms with van der Waals surface area (Å²) in [6.07, 6.45) is -3.26. The van der Waals surface area contributed by atoms with Crippen molar-refractivity contribution in [3.8, 4) is 6.07 Å². The molecule has 0 unspecified atom stereocenters. The van der Waals surface area contributed by atoms with Crippen molar-refractivity contribution in [2.45, 2.75) is 33.5 Å². The van der Waals surface area contributed by atoms with Crippen molar-refractivity contribution >= 4 is 46.3 Å². The highest BCUT2D eigenvalue weighted by molar-refractivity contribution is 7.07. The van der Waals surface area contributed by atoms with Crippen LogP contribution in [0.25, 0.3) is 11.8 Å². The Morgan fingerprint density at radius 3 is 2.44 bits per heavy atom. The number of aromatic nitrogens is 1. The summed E-state index contributed by atoms with van der Waals surface area (Å²) in [7, 11) is 0. The number of benzene rings is 1. The molecule has 194 valence electrons. The summed E-state index contributed by atoms with van der Waals surface area (Å²) in [6.45, 7) is 5.78. The van der Waals surface area contributed by atoms with Crippen LogP contribution in [0.1, 0.15) is 20.8 Å². The number of likely N-dealkylation sites (N-methyl/N-ethyl adjacent to an activating group) is 1. The van der Waals surface area contributed by atoms with Crippen molar-refractivity contribution in [3.05, 3.63) is 43.8 Å². The van der Waals surface area contributed by atoms with E-state index in [9.17, 15) is 32.8 Å². The lowest BCUT2D eigenvalue weighted by Crippen LogP contribution is -2.37. The van der Waals surface area contributed by atoms with Gasteiger partial charge in [-0.25, -0.2) is 0 Å². The maximum Gasteiger partial charge on any atom is 0.405 e. The molecule has 0 radical (unpaired) electrons. The van der Waals surface area contributed by atoms with E-state index in [0.29, 0.717) is 11.4 Å². The Balaban J connectivity index is 2.32. The standard InChI is InChI=1S/C23H27F3N6O3S/c1-4-31(5-2)13-19(33)30-16-9-7-8-15(10-16)28-12-18-21(35)32(6-3)22(36-18)17(11-27)20(34)29-14-23(24,25)26/h7-10,12,28H,4-6,13-14H2,1-3H3,(H,29,34)(H,30,33)/b18-12+,22-17-. The number of nitrogens with one attached hydrogen (secondary N) is 3. The van der Waals surface area contributed by atoms with Gasteiger partial charge in [-0.15, -0.1) is 11.3 Å². The van der Waals surface area contributed by atoms with E-state index >= 15 is 0 Å². The molecule has 0 aliphatic rings. The van der Waals surface area contributed by atoms with Crippen molar-refractivity contribution in [2.24, 2.45) is 0 Å². The Morgan fingerprint density at radius 2 is 1.86 bits per heavy atom. The Hall–Kier alpha value is -3.63. The predicted octanol–water partition coefficient (Wildman–Crippen LogP) is 1.41. The second-order valence-corrected chi connectivity index (χ2v) is 8.52. The van der Waals surface area contributed by atoms with Crippen LogP contribution in [0.4, 0.5) is 24.5 Å². The molecular formula is C23H27F3N6O3S. The third kappa shape index (κ3) is 7.96. The number of anilines is 2. The van der Waals surface area contributed by atoms with Crippen LogP contribution in [0, 0.1) is 11.3 Å². The van der Waals surface area contributed by atoms with E-state index in [0.717, 1.165) is 29.0 Å². The second-order valence-electron chi connectivity index (χ2n) is 7.48. The molecule has 13 heteroatoms. The first-order valence-corrected chi connectivity index (χ1v) is 11.9. The fourth-order valence-electron chi connectivity index (χ4n) is 3.14. The Labute approximate surface area is 209 Å². The quantitative estimate of drug-likeness (QED) is 0.433. The number of amides is 2. The van der Waals surface area contributed by atoms with Crippen molar-refractivity contribution in [1.29, 1.82) is 5.26 Å². The van der Waals surface area contributed by atoms with Gasteiger partial charge in [0.25, 0.3) is 11.5 Å². The molecule has 0 atom stereocenters. The molecule has 0 spiro atoms. The number of nitriles is 1. The van der Waals surface area contributed by atoms with Crippen LogP contribution in [0.15, 0.2) is 29.1 Å². The molecule has 0 fully saturated rings. The Kier molecular flexibility index (Phi) is 10.2. The minimum absolute atomic E-state index is 0.0462. The average molecular weight is 525 g/mol. The lowest BCUT2D eigenvalue weighted by Gasteiger charge is -2.17. The molecule has 0 aliphatic heterocycles. The van der Waals surface area contributed by atoms with Crippen LogP contribution >= 0.6 is 11.3 Å². The molecule has 3 N–H and O–H groups in total. The summed E-state index contributed by atoms with van der Waals surface area (Å²) >= 11 is 0.806. The average Bonchev–Trinajstić information content (AvgIpc) is 3.14. The highest BCUT2D eigenvalue weighted by Gasteiger charge is 2.28. The van der Waals surface area contributed by atoms with Gasteiger partial charge in [0, 0.05) is 24.1 Å². The highest BCUT2D eigenvalue weighted by Crippen LogP contribution is 2.15. The van der Waals surface area contributed by atoms with E-state index in [1.807, 2.05) is 18.7 Å². The first kappa shape index (κ1) is 28.6. The number of hydrogen-bond donors (Lipinski definition) is 3. The molecule has 1 aromatic carbocycles. The Morgan fingerprint density at radius 1 is 1.19 bits per heavy atom. The molecule has 2 aromatic rings. The number of alkyl halides is 3. The van der Waals surface area contributed by atoms with E-state index in [2.05, 4.69) is 10.6 Å². The van der Waals surface area contributed by atoms with Gasteiger partial charge in [0.1, 0.15) is 21.8 Å². The lowest BCUT2D eigenvalue weighted by atomic mass is 10.2. The summed E-state index contributed by atoms with van der Waals surface area (Å²) in [5.41, 5.74) is 0.0103. The van der Waals surface area contributed by atoms with Crippen molar-refractivity contribution in [1.82, 2.24) is 14.8 Å². The summed E-state index contributed by atoms with van der Waals surface area (Å²) in [4.78, 5) is 39.2. The topological polar surface area (TPSA) is 119 Å². The molecule has 2 rings (SSSR count). The van der Waals surface area contributed by atoms with E-state index in [4.69, 9.17) is 0 Å². The molecule has 1 aromatic heterocycles. The van der Waals surface area contributed by atoms with Crippen LogP contribution in [0.3, 0.4) is 0 Å². The van der Waals surface area contributed by atoms with Crippen LogP contribution in [0.5, 0.6) is 0 Å². The smallest absolute Gasteiger partial charge is 0.360 e. The number of carbonyl (C=O) groups excluding carboxylic acids is 2. The number of nitrogens with zero attached hydrogens (tertiary/aromatic N) is 3. The predicted molar refractivity (Wildman–Crippen MR) is 133 cm³/mol. The van der Waals surface area contributed by atoms with Crippen molar-refractivity contribution in [3.63, 3.8) is 0 Å². The van der Waals surface area contributed by atoms with Gasteiger partial charge in [0.05, 0.1) is 6.54 Å². The van der Waals surface area contributed by atoms with Crippen molar-refractivity contribution in [2.75, 3.05) is 36.8 Å². The zero-order chi connectivity index (χ0) is 26.9. The van der Waals surface area contributed by atoms with Gasteiger partial charge in [0.2, 0.25) is 5.91 Å². The number of hydrogen-bond acceptors (Lipinski definition) is 7. The molecule has 0 aliphatic carbocycles. The molecule has 0 bridgehead atoms. The minimum Gasteiger partial charge on any atom is -0.360 e. The van der Waals surface area contributed by atoms with E-state index < -0.39 is 29.8 Å². The van der Waals surface area contributed by atoms with Gasteiger partial charge in [-0.1, -0.05) is 19.9 Å². The first-order chi connectivity index (χ1) is 17.0. The summed E-state index contributed by atoms with van der Waals surface area (Å²) in [6, 6.07) is 8.40. The maximum atomic E-state index is 12.8. The summed E-state index contributed by atoms with van der Waals surface area (Å²) in [5.74, 6) is -1.39. The normalized spacial score (nSPS) is 12.8. The first-order valence-electron chi connectivity index (χ1n) is 11.1. The molecule has 0 saturated heterocycles. The Bertz CT molecular complexity index is 1310. The fraction of sp³-hybridized carbons (Fsp3) is 0.391. The SMILES string of the molecule is CCN(CC)CC(=O)Nc1cccc(N/C=c2/s/c(=C(/C#N)C(=O)NCC(F)(F)F)n(CC)c2=O)c1. The van der Waals surface area contributed by atoms with Gasteiger partial charge in [-0.2, -0.15) is 18.4 Å². The summed E-state index contributed by atoms with van der Waals surface area (Å²) < 4.78 is 38.6. The third-order valence-electron chi connectivity index (χ3n) is 5.00. The number of halogens is 3. The second kappa shape index (κ2) is 12.9. The molecular weight excluding hydrogens is 497 g/mol.